The van der Waals surface area contributed by atoms with Crippen LogP contribution in [0.25, 0.3) is 72.4 Å². The van der Waals surface area contributed by atoms with Crippen molar-refractivity contribution in [1.82, 2.24) is 9.13 Å². The van der Waals surface area contributed by atoms with E-state index in [4.69, 9.17) is 9.47 Å². The second-order valence-electron chi connectivity index (χ2n) is 34.8. The van der Waals surface area contributed by atoms with Gasteiger partial charge in [-0.2, -0.15) is 0 Å². The number of aryl methyl sites for hydroxylation is 2. The van der Waals surface area contributed by atoms with Gasteiger partial charge in [0.05, 0.1) is 46.8 Å². The molecular formula is C84H103F3N2O4. The van der Waals surface area contributed by atoms with Crippen molar-refractivity contribution in [3.8, 4) is 56.6 Å². The Kier molecular flexibility index (Phi) is 17.5. The average molecular weight is 1260 g/mol. The fourth-order valence-electron chi connectivity index (χ4n) is 14.9. The molecule has 2 aromatic heterocycles. The van der Waals surface area contributed by atoms with Gasteiger partial charge in [-0.05, 0) is 182 Å². The lowest BCUT2D eigenvalue weighted by Crippen LogP contribution is -2.25. The molecule has 0 bridgehead atoms. The molecule has 2 N–H and O–H groups in total. The number of allylic oxidation sites excluding steroid dienone is 1. The van der Waals surface area contributed by atoms with Crippen molar-refractivity contribution in [2.75, 3.05) is 13.2 Å². The lowest BCUT2D eigenvalue weighted by atomic mass is 9.71. The van der Waals surface area contributed by atoms with Gasteiger partial charge in [-0.25, -0.2) is 13.2 Å². The number of aromatic nitrogens is 2. The Labute approximate surface area is 553 Å². The number of ether oxygens (including phenoxy) is 2. The first-order chi connectivity index (χ1) is 42.8. The maximum Gasteiger partial charge on any atom is 0.168 e. The topological polar surface area (TPSA) is 68.8 Å². The van der Waals surface area contributed by atoms with Crippen molar-refractivity contribution in [1.29, 1.82) is 0 Å². The maximum atomic E-state index is 16.9. The minimum Gasteiger partial charge on any atom is -0.505 e. The first-order valence-corrected chi connectivity index (χ1v) is 33.6. The van der Waals surface area contributed by atoms with Crippen LogP contribution in [0.5, 0.6) is 23.0 Å². The van der Waals surface area contributed by atoms with E-state index in [-0.39, 0.29) is 80.5 Å². The smallest absolute Gasteiger partial charge is 0.168 e. The van der Waals surface area contributed by atoms with Crippen molar-refractivity contribution in [2.24, 2.45) is 16.2 Å². The third kappa shape index (κ3) is 13.8. The number of nitrogens with zero attached hydrogens (tertiary/aromatic N) is 2. The number of aromatic hydroxyl groups is 2. The summed E-state index contributed by atoms with van der Waals surface area (Å²) >= 11 is 0. The Morgan fingerprint density at radius 1 is 0.419 bits per heavy atom. The van der Waals surface area contributed by atoms with Gasteiger partial charge in [-0.3, -0.25) is 0 Å². The van der Waals surface area contributed by atoms with Gasteiger partial charge in [0.2, 0.25) is 0 Å². The molecule has 7 aromatic carbocycles. The summed E-state index contributed by atoms with van der Waals surface area (Å²) < 4.78 is 66.8. The van der Waals surface area contributed by atoms with Crippen molar-refractivity contribution < 1.29 is 32.9 Å². The van der Waals surface area contributed by atoms with Gasteiger partial charge in [0.25, 0.3) is 0 Å². The van der Waals surface area contributed by atoms with E-state index in [1.165, 1.54) is 29.3 Å². The van der Waals surface area contributed by atoms with Gasteiger partial charge in [0.1, 0.15) is 28.9 Å². The Morgan fingerprint density at radius 2 is 0.828 bits per heavy atom. The van der Waals surface area contributed by atoms with E-state index >= 15 is 13.2 Å². The first kappa shape index (κ1) is 68.5. The number of rotatable bonds is 14. The minimum absolute atomic E-state index is 0.0215. The van der Waals surface area contributed by atoms with E-state index in [0.717, 1.165) is 98.0 Å². The number of hydrogen-bond acceptors (Lipinski definition) is 4. The van der Waals surface area contributed by atoms with Crippen molar-refractivity contribution in [3.05, 3.63) is 171 Å². The predicted molar refractivity (Wildman–Crippen MR) is 385 cm³/mol. The third-order valence-corrected chi connectivity index (χ3v) is 19.2. The van der Waals surface area contributed by atoms with Crippen LogP contribution in [-0.2, 0) is 33.5 Å². The van der Waals surface area contributed by atoms with E-state index in [1.54, 1.807) is 6.92 Å². The molecule has 0 aliphatic heterocycles. The summed E-state index contributed by atoms with van der Waals surface area (Å²) in [6, 6.07) is 33.0. The lowest BCUT2D eigenvalue weighted by molar-refractivity contribution is 0.241. The van der Waals surface area contributed by atoms with Gasteiger partial charge in [0, 0.05) is 50.9 Å². The SMILES string of the molecule is Cc1cc(F)cc(-c2cc(C(C)(C)CC(C)(C)C)cc(-n3c4cc(C(C)(C)C)ccc4c4ccc(C(C)(C)C)cc43)c2O)c1OCCCOc1c(F)cc(F)cc1-c1cc(C(C)(C)CC(C)(C)C)cc(-n2c3c(c4ccc(C(C)(C)C)cc42)CCC(C(C)(C)C)=C3)c1O. The summed E-state index contributed by atoms with van der Waals surface area (Å²) in [6.45, 7) is 50.5. The van der Waals surface area contributed by atoms with Crippen LogP contribution in [0.2, 0.25) is 0 Å². The molecule has 9 aromatic rings. The van der Waals surface area contributed by atoms with Crippen molar-refractivity contribution >= 4 is 38.8 Å². The molecule has 1 aliphatic rings. The van der Waals surface area contributed by atoms with Crippen LogP contribution in [0.3, 0.4) is 0 Å². The van der Waals surface area contributed by atoms with Crippen molar-refractivity contribution in [2.45, 2.75) is 218 Å². The zero-order valence-electron chi connectivity index (χ0n) is 60.1. The maximum absolute atomic E-state index is 16.9. The minimum atomic E-state index is -0.910. The molecule has 0 fully saturated rings. The lowest BCUT2D eigenvalue weighted by Gasteiger charge is -2.34. The highest BCUT2D eigenvalue weighted by Gasteiger charge is 2.36. The highest BCUT2D eigenvalue weighted by molar-refractivity contribution is 6.10. The van der Waals surface area contributed by atoms with Gasteiger partial charge in [-0.1, -0.05) is 194 Å². The summed E-state index contributed by atoms with van der Waals surface area (Å²) in [7, 11) is 0. The molecule has 0 spiro atoms. The molecule has 0 saturated carbocycles. The number of phenolic OH excluding ortho intramolecular Hbond substituents is 2. The number of benzene rings is 7. The second-order valence-corrected chi connectivity index (χ2v) is 34.8. The van der Waals surface area contributed by atoms with Gasteiger partial charge in [-0.15, -0.1) is 0 Å². The van der Waals surface area contributed by atoms with Crippen LogP contribution >= 0.6 is 0 Å². The summed E-state index contributed by atoms with van der Waals surface area (Å²) in [5.74, 6) is -2.17. The number of halogens is 3. The fourth-order valence-corrected chi connectivity index (χ4v) is 14.9. The normalized spacial score (nSPS) is 14.0. The molecule has 494 valence electrons. The number of phenols is 2. The largest absolute Gasteiger partial charge is 0.505 e. The summed E-state index contributed by atoms with van der Waals surface area (Å²) in [6.07, 6.45) is 5.83. The van der Waals surface area contributed by atoms with Crippen LogP contribution in [0.4, 0.5) is 13.2 Å². The molecule has 0 saturated heterocycles. The zero-order valence-corrected chi connectivity index (χ0v) is 60.1. The van der Waals surface area contributed by atoms with E-state index in [2.05, 4.69) is 234 Å². The number of hydrogen-bond donors (Lipinski definition) is 2. The monoisotopic (exact) mass is 1260 g/mol. The van der Waals surface area contributed by atoms with Crippen LogP contribution in [0, 0.1) is 40.6 Å². The highest BCUT2D eigenvalue weighted by Crippen LogP contribution is 2.52. The molecule has 10 rings (SSSR count). The molecule has 0 amide bonds. The zero-order chi connectivity index (χ0) is 68.4. The second kappa shape index (κ2) is 23.8. The quantitative estimate of drug-likeness (QED) is 0.106. The van der Waals surface area contributed by atoms with Gasteiger partial charge >= 0.3 is 0 Å². The molecule has 9 heteroatoms. The molecule has 0 atom stereocenters. The van der Waals surface area contributed by atoms with Gasteiger partial charge < -0.3 is 28.8 Å². The molecular weight excluding hydrogens is 1160 g/mol. The molecule has 2 heterocycles. The fraction of sp³-hybridized carbons (Fsp3) is 0.452. The van der Waals surface area contributed by atoms with Gasteiger partial charge in [0.15, 0.2) is 11.6 Å². The molecule has 0 radical (unpaired) electrons. The van der Waals surface area contributed by atoms with Crippen LogP contribution < -0.4 is 9.47 Å². The van der Waals surface area contributed by atoms with Crippen LogP contribution in [0.15, 0.2) is 109 Å². The van der Waals surface area contributed by atoms with Crippen LogP contribution in [0.1, 0.15) is 223 Å². The molecule has 0 unspecified atom stereocenters. The molecule has 1 aliphatic carbocycles. The summed E-state index contributed by atoms with van der Waals surface area (Å²) in [5, 5.41) is 29.5. The van der Waals surface area contributed by atoms with E-state index < -0.39 is 28.3 Å². The third-order valence-electron chi connectivity index (χ3n) is 19.2. The Balaban J connectivity index is 1.07. The molecule has 6 nitrogen and oxygen atoms in total. The Hall–Kier alpha value is -7.39. The Bertz CT molecular complexity index is 4350. The van der Waals surface area contributed by atoms with E-state index in [9.17, 15) is 10.2 Å². The van der Waals surface area contributed by atoms with Crippen molar-refractivity contribution in [3.63, 3.8) is 0 Å². The van der Waals surface area contributed by atoms with Crippen LogP contribution in [-0.4, -0.2) is 32.6 Å². The standard InChI is InChI=1S/C84H103F3N2O4/c1-49-35-56(85)44-64(62-36-54(83(20,21)47-77(2,3)4)42-71(73(62)90)88-67-38-50(79(8,9)10)25-29-58(67)59-30-26-51(39-68(59)88)80(11,12)13)75(49)92-33-24-34-93-76-65(45-57(86)46-66(76)87)63-37-55(84(22,23)48-78(5,6)7)43-72(74(63)91)89-69-40-52(81(14,15)16)27-31-60(69)61-32-28-53(41-70(61)89)82(17,18)19/h25-27,29-31,35-46,90-91H,24,28,32-34,47-48H2,1-23H3. The Morgan fingerprint density at radius 3 is 1.27 bits per heavy atom. The number of fused-ring (bicyclic) bond motifs is 6. The first-order valence-electron chi connectivity index (χ1n) is 33.6. The predicted octanol–water partition coefficient (Wildman–Crippen LogP) is 23.7. The highest BCUT2D eigenvalue weighted by atomic mass is 19.1. The van der Waals surface area contributed by atoms with E-state index in [0.29, 0.717) is 33.8 Å². The average Bonchev–Trinajstić information content (AvgIpc) is 1.62. The summed E-state index contributed by atoms with van der Waals surface area (Å²) in [5.41, 5.74) is 12.7. The summed E-state index contributed by atoms with van der Waals surface area (Å²) in [4.78, 5) is 0. The van der Waals surface area contributed by atoms with E-state index in [1.807, 2.05) is 12.1 Å². The molecule has 93 heavy (non-hydrogen) atoms.